The summed E-state index contributed by atoms with van der Waals surface area (Å²) in [7, 11) is 0. The number of imide groups is 1. The monoisotopic (exact) mass is 447 g/mol. The van der Waals surface area contributed by atoms with Gasteiger partial charge in [-0.3, -0.25) is 34.9 Å². The fraction of sp³-hybridized carbons (Fsp3) is 0.476. The highest BCUT2D eigenvalue weighted by molar-refractivity contribution is 6.30. The number of nitrogens with zero attached hydrogens (tertiary/aromatic N) is 1. The number of carbonyl (C=O) groups is 5. The molecule has 1 heterocycles. The Kier molecular flexibility index (Phi) is 5.70. The van der Waals surface area contributed by atoms with Crippen LogP contribution in [0, 0.1) is 23.7 Å². The molecule has 3 fully saturated rings. The number of nitrogens with one attached hydrogen (secondary N) is 2. The van der Waals surface area contributed by atoms with Crippen LogP contribution in [0.25, 0.3) is 0 Å². The number of likely N-dealkylation sites (tertiary alicyclic amines) is 1. The lowest BCUT2D eigenvalue weighted by molar-refractivity contribution is -0.160. The Morgan fingerprint density at radius 2 is 1.65 bits per heavy atom. The molecule has 2 N–H and O–H groups in total. The first kappa shape index (κ1) is 21.3. The summed E-state index contributed by atoms with van der Waals surface area (Å²) in [5.74, 6) is -3.04. The Bertz CT molecular complexity index is 921. The van der Waals surface area contributed by atoms with Crippen LogP contribution in [0.4, 0.5) is 0 Å². The van der Waals surface area contributed by atoms with Gasteiger partial charge < -0.3 is 4.74 Å². The van der Waals surface area contributed by atoms with Crippen molar-refractivity contribution in [2.75, 3.05) is 6.61 Å². The first-order valence-corrected chi connectivity index (χ1v) is 10.5. The molecular formula is C21H22ClN3O6. The Morgan fingerprint density at radius 1 is 1.06 bits per heavy atom. The molecule has 0 spiro atoms. The van der Waals surface area contributed by atoms with Gasteiger partial charge in [0.25, 0.3) is 11.8 Å². The number of rotatable bonds is 5. The lowest BCUT2D eigenvalue weighted by Crippen LogP contribution is -2.47. The van der Waals surface area contributed by atoms with E-state index < -0.39 is 30.4 Å². The standard InChI is InChI=1S/C21H22ClN3O6/c1-10(25-19(28)16-12-2-3-13(8-12)17(16)20(25)29)21(30)31-9-15(26)23-24-18(27)11-4-6-14(22)7-5-11/h4-7,10,12-13,16-17H,2-3,8-9H2,1H3,(H,23,26)(H,24,27)/t10-,12+,13+,16+,17+/m1/s1. The smallest absolute Gasteiger partial charge is 0.329 e. The molecule has 5 atom stereocenters. The number of esters is 1. The molecular weight excluding hydrogens is 426 g/mol. The van der Waals surface area contributed by atoms with Crippen LogP contribution < -0.4 is 10.9 Å². The molecule has 1 aromatic carbocycles. The van der Waals surface area contributed by atoms with Crippen molar-refractivity contribution >= 4 is 41.2 Å². The van der Waals surface area contributed by atoms with E-state index in [9.17, 15) is 24.0 Å². The number of hydrazine groups is 1. The normalized spacial score (nSPS) is 27.1. The zero-order chi connectivity index (χ0) is 22.3. The maximum Gasteiger partial charge on any atom is 0.329 e. The van der Waals surface area contributed by atoms with Crippen molar-refractivity contribution in [1.82, 2.24) is 15.8 Å². The second-order valence-corrected chi connectivity index (χ2v) is 8.66. The highest BCUT2D eigenvalue weighted by Gasteiger charge is 2.62. The maximum atomic E-state index is 12.8. The van der Waals surface area contributed by atoms with Crippen LogP contribution in [0.5, 0.6) is 0 Å². The van der Waals surface area contributed by atoms with Crippen LogP contribution in [-0.4, -0.2) is 47.1 Å². The summed E-state index contributed by atoms with van der Waals surface area (Å²) >= 11 is 5.75. The molecule has 9 nitrogen and oxygen atoms in total. The van der Waals surface area contributed by atoms with Crippen LogP contribution >= 0.6 is 11.6 Å². The van der Waals surface area contributed by atoms with Crippen molar-refractivity contribution < 1.29 is 28.7 Å². The largest absolute Gasteiger partial charge is 0.454 e. The number of amides is 4. The van der Waals surface area contributed by atoms with Gasteiger partial charge in [0.15, 0.2) is 6.61 Å². The van der Waals surface area contributed by atoms with E-state index in [0.29, 0.717) is 5.02 Å². The van der Waals surface area contributed by atoms with Gasteiger partial charge in [-0.25, -0.2) is 4.79 Å². The zero-order valence-electron chi connectivity index (χ0n) is 16.8. The van der Waals surface area contributed by atoms with Crippen molar-refractivity contribution in [2.24, 2.45) is 23.7 Å². The maximum absolute atomic E-state index is 12.8. The molecule has 4 amide bonds. The van der Waals surface area contributed by atoms with E-state index in [1.54, 1.807) is 0 Å². The summed E-state index contributed by atoms with van der Waals surface area (Å²) in [5.41, 5.74) is 4.60. The fourth-order valence-electron chi connectivity index (χ4n) is 5.01. The SMILES string of the molecule is C[C@H](C(=O)OCC(=O)NNC(=O)c1ccc(Cl)cc1)N1C(=O)[C@H]2[C@H]3CC[C@@H](C3)[C@@H]2C1=O. The number of hydrogen-bond donors (Lipinski definition) is 2. The molecule has 31 heavy (non-hydrogen) atoms. The average Bonchev–Trinajstić information content (AvgIpc) is 3.44. The van der Waals surface area contributed by atoms with Crippen molar-refractivity contribution in [2.45, 2.75) is 32.2 Å². The predicted octanol–water partition coefficient (Wildman–Crippen LogP) is 1.06. The van der Waals surface area contributed by atoms with Gasteiger partial charge in [0, 0.05) is 10.6 Å². The topological polar surface area (TPSA) is 122 Å². The Balaban J connectivity index is 1.26. The van der Waals surface area contributed by atoms with E-state index in [-0.39, 0.29) is 41.0 Å². The molecule has 3 aliphatic rings. The molecule has 1 aliphatic heterocycles. The predicted molar refractivity (Wildman–Crippen MR) is 107 cm³/mol. The molecule has 0 aromatic heterocycles. The van der Waals surface area contributed by atoms with Crippen LogP contribution in [0.3, 0.4) is 0 Å². The second-order valence-electron chi connectivity index (χ2n) is 8.22. The Labute approximate surface area is 183 Å². The van der Waals surface area contributed by atoms with Gasteiger partial charge in [-0.05, 0) is 62.3 Å². The molecule has 10 heteroatoms. The van der Waals surface area contributed by atoms with Crippen LogP contribution in [0.15, 0.2) is 24.3 Å². The number of benzene rings is 1. The molecule has 2 saturated carbocycles. The van der Waals surface area contributed by atoms with Crippen molar-refractivity contribution in [3.8, 4) is 0 Å². The molecule has 2 aliphatic carbocycles. The molecule has 0 radical (unpaired) electrons. The van der Waals surface area contributed by atoms with Gasteiger partial charge in [-0.15, -0.1) is 0 Å². The Morgan fingerprint density at radius 3 is 2.23 bits per heavy atom. The minimum Gasteiger partial charge on any atom is -0.454 e. The Hall–Kier alpha value is -2.94. The van der Waals surface area contributed by atoms with Crippen molar-refractivity contribution in [3.05, 3.63) is 34.9 Å². The minimum absolute atomic E-state index is 0.217. The number of hydrogen-bond acceptors (Lipinski definition) is 6. The lowest BCUT2D eigenvalue weighted by atomic mass is 9.81. The van der Waals surface area contributed by atoms with Crippen LogP contribution in [0.1, 0.15) is 36.5 Å². The third-order valence-electron chi connectivity index (χ3n) is 6.46. The molecule has 4 rings (SSSR count). The number of fused-ring (bicyclic) bond motifs is 5. The highest BCUT2D eigenvalue weighted by Crippen LogP contribution is 2.56. The van der Waals surface area contributed by atoms with Crippen molar-refractivity contribution in [3.63, 3.8) is 0 Å². The molecule has 1 aromatic rings. The molecule has 2 bridgehead atoms. The van der Waals surface area contributed by atoms with E-state index in [4.69, 9.17) is 16.3 Å². The van der Waals surface area contributed by atoms with Crippen LogP contribution in [0.2, 0.25) is 5.02 Å². The summed E-state index contributed by atoms with van der Waals surface area (Å²) in [6.07, 6.45) is 2.79. The number of ether oxygens (including phenoxy) is 1. The van der Waals surface area contributed by atoms with Gasteiger partial charge in [0.1, 0.15) is 6.04 Å². The van der Waals surface area contributed by atoms with Gasteiger partial charge in [0.05, 0.1) is 11.8 Å². The quantitative estimate of drug-likeness (QED) is 0.395. The number of halogens is 1. The van der Waals surface area contributed by atoms with Crippen molar-refractivity contribution in [1.29, 1.82) is 0 Å². The summed E-state index contributed by atoms with van der Waals surface area (Å²) < 4.78 is 4.95. The minimum atomic E-state index is -1.11. The highest BCUT2D eigenvalue weighted by atomic mass is 35.5. The average molecular weight is 448 g/mol. The molecule has 0 unspecified atom stereocenters. The van der Waals surface area contributed by atoms with E-state index in [1.165, 1.54) is 31.2 Å². The van der Waals surface area contributed by atoms with E-state index >= 15 is 0 Å². The van der Waals surface area contributed by atoms with E-state index in [0.717, 1.165) is 24.2 Å². The first-order chi connectivity index (χ1) is 14.8. The summed E-state index contributed by atoms with van der Waals surface area (Å²) in [6.45, 7) is 0.750. The van der Waals surface area contributed by atoms with Gasteiger partial charge in [-0.1, -0.05) is 11.6 Å². The zero-order valence-corrected chi connectivity index (χ0v) is 17.6. The summed E-state index contributed by atoms with van der Waals surface area (Å²) in [5, 5.41) is 0.466. The second kappa shape index (κ2) is 8.30. The summed E-state index contributed by atoms with van der Waals surface area (Å²) in [6, 6.07) is 4.92. The lowest BCUT2D eigenvalue weighted by Gasteiger charge is -2.23. The first-order valence-electron chi connectivity index (χ1n) is 10.2. The van der Waals surface area contributed by atoms with E-state index in [2.05, 4.69) is 10.9 Å². The van der Waals surface area contributed by atoms with Crippen LogP contribution in [-0.2, 0) is 23.9 Å². The van der Waals surface area contributed by atoms with Gasteiger partial charge in [0.2, 0.25) is 11.8 Å². The summed E-state index contributed by atoms with van der Waals surface area (Å²) in [4.78, 5) is 62.7. The molecule has 1 saturated heterocycles. The van der Waals surface area contributed by atoms with Gasteiger partial charge >= 0.3 is 5.97 Å². The van der Waals surface area contributed by atoms with Gasteiger partial charge in [-0.2, -0.15) is 0 Å². The van der Waals surface area contributed by atoms with E-state index in [1.807, 2.05) is 0 Å². The third kappa shape index (κ3) is 3.89. The third-order valence-corrected chi connectivity index (χ3v) is 6.71. The fourth-order valence-corrected chi connectivity index (χ4v) is 5.14. The molecule has 164 valence electrons. The number of carbonyl (C=O) groups excluding carboxylic acids is 5.